The molecule has 5 rings (SSSR count). The zero-order valence-corrected chi connectivity index (χ0v) is 30.6. The van der Waals surface area contributed by atoms with Crippen molar-refractivity contribution in [2.45, 2.75) is 84.7 Å². The molecule has 0 bridgehead atoms. The largest absolute Gasteiger partial charge is 0.459 e. The summed E-state index contributed by atoms with van der Waals surface area (Å²) in [4.78, 5) is 48.1. The van der Waals surface area contributed by atoms with Gasteiger partial charge in [-0.3, -0.25) is 14.7 Å². The Balaban J connectivity index is 1.32. The first-order chi connectivity index (χ1) is 24.4. The molecule has 2 aromatic heterocycles. The summed E-state index contributed by atoms with van der Waals surface area (Å²) in [6, 6.07) is 12.6. The van der Waals surface area contributed by atoms with E-state index in [4.69, 9.17) is 22.9 Å². The van der Waals surface area contributed by atoms with E-state index in [9.17, 15) is 22.8 Å². The van der Waals surface area contributed by atoms with Gasteiger partial charge in [0.1, 0.15) is 16.8 Å². The van der Waals surface area contributed by atoms with Crippen molar-refractivity contribution in [3.63, 3.8) is 0 Å². The fourth-order valence-corrected chi connectivity index (χ4v) is 7.90. The Morgan fingerprint density at radius 3 is 2.45 bits per heavy atom. The van der Waals surface area contributed by atoms with Gasteiger partial charge in [0.2, 0.25) is 15.7 Å². The van der Waals surface area contributed by atoms with Crippen LogP contribution in [0, 0.1) is 18.4 Å². The molecule has 0 saturated heterocycles. The topological polar surface area (TPSA) is 156 Å². The van der Waals surface area contributed by atoms with Crippen LogP contribution in [0.15, 0.2) is 48.5 Å². The number of anilines is 1. The second kappa shape index (κ2) is 16.6. The van der Waals surface area contributed by atoms with E-state index < -0.39 is 27.8 Å². The van der Waals surface area contributed by atoms with Crippen molar-refractivity contribution >= 4 is 56.4 Å². The molecular formula is C37H43ClN6O6S. The normalized spacial score (nSPS) is 17.5. The molecule has 270 valence electrons. The predicted molar refractivity (Wildman–Crippen MR) is 197 cm³/mol. The van der Waals surface area contributed by atoms with E-state index in [1.807, 2.05) is 0 Å². The first-order valence-corrected chi connectivity index (χ1v) is 19.4. The number of aromatic amines is 1. The monoisotopic (exact) mass is 734 g/mol. The van der Waals surface area contributed by atoms with Crippen LogP contribution in [0.2, 0.25) is 5.15 Å². The molecule has 1 saturated carbocycles. The average molecular weight is 735 g/mol. The van der Waals surface area contributed by atoms with Gasteiger partial charge in [-0.2, -0.15) is 0 Å². The lowest BCUT2D eigenvalue weighted by Gasteiger charge is -2.33. The SMILES string of the molecule is [C-]#[N+]c1c(C(=O)OC2C(C)CCCC2C)c2nc(-c3cccc(C(=O)Nc4ccccc4C(=O)NS(=O)(=O)CCCCCCCC)c3)[nH]n2c1Cl. The van der Waals surface area contributed by atoms with Gasteiger partial charge in [-0.1, -0.05) is 95.2 Å². The molecule has 1 aliphatic rings. The molecule has 51 heavy (non-hydrogen) atoms. The highest BCUT2D eigenvalue weighted by Crippen LogP contribution is 2.38. The van der Waals surface area contributed by atoms with Crippen LogP contribution in [0.25, 0.3) is 21.9 Å². The number of benzene rings is 2. The van der Waals surface area contributed by atoms with Crippen molar-refractivity contribution in [3.8, 4) is 11.4 Å². The number of unbranched alkanes of at least 4 members (excludes halogenated alkanes) is 5. The molecule has 2 amide bonds. The van der Waals surface area contributed by atoms with Crippen molar-refractivity contribution in [1.29, 1.82) is 0 Å². The molecule has 2 unspecified atom stereocenters. The molecule has 0 aliphatic heterocycles. The Morgan fingerprint density at radius 2 is 1.73 bits per heavy atom. The number of amides is 2. The van der Waals surface area contributed by atoms with Crippen LogP contribution in [0.1, 0.15) is 110 Å². The highest BCUT2D eigenvalue weighted by atomic mass is 35.5. The van der Waals surface area contributed by atoms with Crippen LogP contribution in [0.4, 0.5) is 11.4 Å². The van der Waals surface area contributed by atoms with Gasteiger partial charge in [0.25, 0.3) is 11.8 Å². The standard InChI is InChI=1S/C37H43ClN6O6S/c1-5-6-7-8-9-12-21-51(48,49)43-36(46)27-19-10-11-20-28(27)40-35(45)26-18-14-17-25(22-26)33-41-34-29(30(39-4)32(38)44(34)42-33)37(47)50-31-23(2)15-13-16-24(31)3/h10-11,14,17-20,22-24,31H,5-9,12-13,15-16,21H2,1-3H3,(H,40,45)(H,41,42)(H,43,46). The molecule has 2 atom stereocenters. The van der Waals surface area contributed by atoms with Crippen LogP contribution in [-0.4, -0.2) is 52.7 Å². The molecule has 12 nitrogen and oxygen atoms in total. The van der Waals surface area contributed by atoms with E-state index in [-0.39, 0.29) is 68.4 Å². The predicted octanol–water partition coefficient (Wildman–Crippen LogP) is 8.19. The lowest BCUT2D eigenvalue weighted by molar-refractivity contribution is -0.0159. The number of fused-ring (bicyclic) bond motifs is 1. The molecule has 0 radical (unpaired) electrons. The van der Waals surface area contributed by atoms with Gasteiger partial charge < -0.3 is 10.1 Å². The highest BCUT2D eigenvalue weighted by molar-refractivity contribution is 7.90. The second-order valence-corrected chi connectivity index (χ2v) is 15.4. The number of carbonyl (C=O) groups is 3. The quantitative estimate of drug-likeness (QED) is 0.0670. The van der Waals surface area contributed by atoms with Crippen molar-refractivity contribution < 1.29 is 27.5 Å². The van der Waals surface area contributed by atoms with Crippen molar-refractivity contribution in [3.05, 3.63) is 81.8 Å². The number of nitrogens with zero attached hydrogens (tertiary/aromatic N) is 3. The maximum atomic E-state index is 13.5. The third kappa shape index (κ3) is 8.80. The first kappa shape index (κ1) is 37.6. The number of esters is 1. The first-order valence-electron chi connectivity index (χ1n) is 17.4. The Morgan fingerprint density at radius 1 is 1.02 bits per heavy atom. The fraction of sp³-hybridized carbons (Fsp3) is 0.432. The summed E-state index contributed by atoms with van der Waals surface area (Å²) in [6.07, 6.45) is 8.06. The van der Waals surface area contributed by atoms with Gasteiger partial charge in [0, 0.05) is 11.1 Å². The number of nitrogens with one attached hydrogen (secondary N) is 3. The third-order valence-electron chi connectivity index (χ3n) is 9.33. The van der Waals surface area contributed by atoms with Gasteiger partial charge in [0.15, 0.2) is 11.5 Å². The highest BCUT2D eigenvalue weighted by Gasteiger charge is 2.34. The molecule has 0 spiro atoms. The summed E-state index contributed by atoms with van der Waals surface area (Å²) in [5.74, 6) is -1.60. The van der Waals surface area contributed by atoms with Crippen LogP contribution in [0.5, 0.6) is 0 Å². The number of H-pyrrole nitrogens is 1. The second-order valence-electron chi connectivity index (χ2n) is 13.2. The Kier molecular flexibility index (Phi) is 12.2. The van der Waals surface area contributed by atoms with E-state index in [2.05, 4.69) is 45.7 Å². The fourth-order valence-electron chi connectivity index (χ4n) is 6.56. The van der Waals surface area contributed by atoms with Crippen molar-refractivity contribution in [2.75, 3.05) is 11.1 Å². The van der Waals surface area contributed by atoms with Gasteiger partial charge >= 0.3 is 5.97 Å². The molecular weight excluding hydrogens is 692 g/mol. The summed E-state index contributed by atoms with van der Waals surface area (Å²) in [6.45, 7) is 13.9. The number of sulfonamides is 1. The number of hydrogen-bond acceptors (Lipinski definition) is 7. The summed E-state index contributed by atoms with van der Waals surface area (Å²) in [7, 11) is -3.87. The number of carbonyl (C=O) groups excluding carboxylic acids is 3. The van der Waals surface area contributed by atoms with Crippen molar-refractivity contribution in [1.82, 2.24) is 19.3 Å². The molecule has 2 heterocycles. The van der Waals surface area contributed by atoms with Crippen molar-refractivity contribution in [2.24, 2.45) is 11.8 Å². The molecule has 3 N–H and O–H groups in total. The number of aromatic nitrogens is 3. The lowest BCUT2D eigenvalue weighted by atomic mass is 9.80. The summed E-state index contributed by atoms with van der Waals surface area (Å²) < 4.78 is 34.7. The van der Waals surface area contributed by atoms with Crippen LogP contribution >= 0.6 is 11.6 Å². The van der Waals surface area contributed by atoms with Gasteiger partial charge in [0.05, 0.1) is 23.6 Å². The molecule has 14 heteroatoms. The number of hydrogen-bond donors (Lipinski definition) is 3. The van der Waals surface area contributed by atoms with E-state index in [0.29, 0.717) is 12.0 Å². The molecule has 2 aromatic carbocycles. The van der Waals surface area contributed by atoms with Crippen LogP contribution < -0.4 is 10.0 Å². The Hall–Kier alpha value is -4.67. The molecule has 1 fully saturated rings. The Bertz CT molecular complexity index is 2060. The number of halogens is 1. The van der Waals surface area contributed by atoms with Gasteiger partial charge in [-0.25, -0.2) is 32.3 Å². The Labute approximate surface area is 303 Å². The zero-order valence-electron chi connectivity index (χ0n) is 29.0. The summed E-state index contributed by atoms with van der Waals surface area (Å²) in [5, 5.41) is 5.71. The lowest BCUT2D eigenvalue weighted by Crippen LogP contribution is -2.34. The van der Waals surface area contributed by atoms with E-state index in [1.165, 1.54) is 16.6 Å². The summed E-state index contributed by atoms with van der Waals surface area (Å²) >= 11 is 6.54. The maximum Gasteiger partial charge on any atom is 0.331 e. The number of para-hydroxylation sites is 1. The van der Waals surface area contributed by atoms with Gasteiger partial charge in [-0.15, -0.1) is 0 Å². The minimum atomic E-state index is -3.87. The molecule has 1 aliphatic carbocycles. The van der Waals surface area contributed by atoms with Crippen LogP contribution in [0.3, 0.4) is 0 Å². The molecule has 4 aromatic rings. The van der Waals surface area contributed by atoms with E-state index in [0.717, 1.165) is 51.4 Å². The summed E-state index contributed by atoms with van der Waals surface area (Å²) in [5.41, 5.74) is 0.865. The number of rotatable bonds is 14. The van der Waals surface area contributed by atoms with Crippen LogP contribution in [-0.2, 0) is 14.8 Å². The van der Waals surface area contributed by atoms with E-state index in [1.54, 1.807) is 36.4 Å². The minimum absolute atomic E-state index is 0.00334. The number of ether oxygens (including phenoxy) is 1. The smallest absolute Gasteiger partial charge is 0.331 e. The average Bonchev–Trinajstić information content (AvgIpc) is 3.65. The minimum Gasteiger partial charge on any atom is -0.459 e. The van der Waals surface area contributed by atoms with Gasteiger partial charge in [-0.05, 0) is 55.4 Å². The van der Waals surface area contributed by atoms with E-state index >= 15 is 0 Å². The third-order valence-corrected chi connectivity index (χ3v) is 11.0. The maximum absolute atomic E-state index is 13.5. The zero-order chi connectivity index (χ0) is 36.7.